The van der Waals surface area contributed by atoms with Crippen molar-refractivity contribution in [3.63, 3.8) is 0 Å². The summed E-state index contributed by atoms with van der Waals surface area (Å²) < 4.78 is 5.12. The van der Waals surface area contributed by atoms with Gasteiger partial charge in [-0.05, 0) is 12.1 Å². The summed E-state index contributed by atoms with van der Waals surface area (Å²) in [5.74, 6) is 0.365. The second kappa shape index (κ2) is 5.41. The van der Waals surface area contributed by atoms with Crippen LogP contribution in [0.3, 0.4) is 0 Å². The topological polar surface area (TPSA) is 89.8 Å². The zero-order chi connectivity index (χ0) is 14.0. The summed E-state index contributed by atoms with van der Waals surface area (Å²) in [4.78, 5) is 13.9. The number of ether oxygens (including phenoxy) is 1. The largest absolute Gasteiger partial charge is 0.595 e. The third-order valence-corrected chi connectivity index (χ3v) is 2.84. The van der Waals surface area contributed by atoms with Crippen molar-refractivity contribution in [1.29, 1.82) is 0 Å². The lowest BCUT2D eigenvalue weighted by Crippen LogP contribution is -2.99. The van der Waals surface area contributed by atoms with Gasteiger partial charge in [0.15, 0.2) is 5.69 Å². The molecule has 0 saturated heterocycles. The summed E-state index contributed by atoms with van der Waals surface area (Å²) in [6.45, 7) is 0. The molecule has 0 saturated carbocycles. The van der Waals surface area contributed by atoms with E-state index >= 15 is 0 Å². The number of aromatic amines is 1. The van der Waals surface area contributed by atoms with Crippen LogP contribution in [0.2, 0.25) is 5.02 Å². The third kappa shape index (κ3) is 2.77. The van der Waals surface area contributed by atoms with E-state index in [0.29, 0.717) is 21.9 Å². The van der Waals surface area contributed by atoms with Crippen LogP contribution in [0.4, 0.5) is 5.69 Å². The highest BCUT2D eigenvalue weighted by atomic mass is 35.5. The molecular formula is C12H11ClN2O4. The fourth-order valence-electron chi connectivity index (χ4n) is 1.76. The maximum atomic E-state index is 11.4. The Hall–Kier alpha value is -1.86. The van der Waals surface area contributed by atoms with E-state index < -0.39 is 5.23 Å². The zero-order valence-corrected chi connectivity index (χ0v) is 10.7. The zero-order valence-electron chi connectivity index (χ0n) is 9.94. The third-order valence-electron chi connectivity index (χ3n) is 2.61. The van der Waals surface area contributed by atoms with Crippen molar-refractivity contribution < 1.29 is 15.2 Å². The van der Waals surface area contributed by atoms with E-state index in [-0.39, 0.29) is 11.2 Å². The molecular weight excluding hydrogens is 272 g/mol. The first kappa shape index (κ1) is 13.6. The molecule has 1 atom stereocenters. The molecule has 0 spiro atoms. The molecule has 0 amide bonds. The molecule has 0 bridgehead atoms. The summed E-state index contributed by atoms with van der Waals surface area (Å²) in [6.07, 6.45) is 1.38. The summed E-state index contributed by atoms with van der Waals surface area (Å²) >= 11 is 5.89. The van der Waals surface area contributed by atoms with E-state index in [9.17, 15) is 15.2 Å². The molecule has 0 fully saturated rings. The Morgan fingerprint density at radius 3 is 2.74 bits per heavy atom. The highest BCUT2D eigenvalue weighted by Gasteiger charge is 2.16. The molecule has 1 aromatic carbocycles. The van der Waals surface area contributed by atoms with Crippen molar-refractivity contribution in [3.05, 3.63) is 51.0 Å². The molecule has 0 radical (unpaired) electrons. The molecule has 19 heavy (non-hydrogen) atoms. The van der Waals surface area contributed by atoms with Crippen LogP contribution in [0.15, 0.2) is 35.3 Å². The summed E-state index contributed by atoms with van der Waals surface area (Å²) in [6, 6.07) is 5.63. The molecule has 0 aliphatic heterocycles. The Labute approximate surface area is 113 Å². The van der Waals surface area contributed by atoms with Gasteiger partial charge in [-0.15, -0.1) is 0 Å². The molecule has 3 N–H and O–H groups in total. The second-order valence-corrected chi connectivity index (χ2v) is 4.21. The number of rotatable bonds is 3. The number of H-pyrrole nitrogens is 1. The monoisotopic (exact) mass is 282 g/mol. The van der Waals surface area contributed by atoms with E-state index in [4.69, 9.17) is 16.3 Å². The normalized spacial score (nSPS) is 12.2. The lowest BCUT2D eigenvalue weighted by atomic mass is 10.0. The van der Waals surface area contributed by atoms with Gasteiger partial charge in [-0.1, -0.05) is 11.6 Å². The van der Waals surface area contributed by atoms with Crippen LogP contribution in [-0.4, -0.2) is 17.3 Å². The number of pyridine rings is 1. The Kier molecular flexibility index (Phi) is 3.87. The van der Waals surface area contributed by atoms with Crippen LogP contribution < -0.4 is 15.5 Å². The molecule has 1 unspecified atom stereocenters. The average molecular weight is 283 g/mol. The molecule has 1 aromatic heterocycles. The predicted molar refractivity (Wildman–Crippen MR) is 69.8 cm³/mol. The first-order valence-electron chi connectivity index (χ1n) is 5.33. The molecule has 0 aliphatic carbocycles. The molecule has 2 rings (SSSR count). The van der Waals surface area contributed by atoms with Crippen LogP contribution in [0, 0.1) is 5.21 Å². The highest BCUT2D eigenvalue weighted by molar-refractivity contribution is 6.31. The predicted octanol–water partition coefficient (Wildman–Crippen LogP) is 1.11. The number of nitrogens with one attached hydrogen (secondary N) is 2. The van der Waals surface area contributed by atoms with Crippen molar-refractivity contribution in [2.45, 2.75) is 0 Å². The molecule has 7 heteroatoms. The smallest absolute Gasteiger partial charge is 0.248 e. The summed E-state index contributed by atoms with van der Waals surface area (Å²) in [7, 11) is 1.43. The van der Waals surface area contributed by atoms with E-state index in [2.05, 4.69) is 4.98 Å². The number of hydrogen-bond acceptors (Lipinski definition) is 4. The lowest BCUT2D eigenvalue weighted by Gasteiger charge is -2.17. The average Bonchev–Trinajstić information content (AvgIpc) is 2.38. The van der Waals surface area contributed by atoms with Gasteiger partial charge >= 0.3 is 0 Å². The SMILES string of the molecule is COc1c[nH]c(=O)cc1-c1cc(Cl)ccc1[NH+]([O-])O. The Bertz CT molecular complexity index is 654. The molecule has 0 aliphatic rings. The van der Waals surface area contributed by atoms with Crippen LogP contribution >= 0.6 is 11.6 Å². The highest BCUT2D eigenvalue weighted by Crippen LogP contribution is 2.33. The lowest BCUT2D eigenvalue weighted by molar-refractivity contribution is -0.991. The molecule has 6 nitrogen and oxygen atoms in total. The summed E-state index contributed by atoms with van der Waals surface area (Å²) in [5, 5.41) is 19.7. The number of hydrogen-bond donors (Lipinski definition) is 3. The molecule has 2 aromatic rings. The van der Waals surface area contributed by atoms with E-state index in [1.165, 1.54) is 37.6 Å². The fourth-order valence-corrected chi connectivity index (χ4v) is 1.94. The van der Waals surface area contributed by atoms with Crippen molar-refractivity contribution in [2.24, 2.45) is 0 Å². The van der Waals surface area contributed by atoms with Crippen molar-refractivity contribution in [3.8, 4) is 16.9 Å². The Balaban J connectivity index is 2.73. The van der Waals surface area contributed by atoms with Crippen molar-refractivity contribution >= 4 is 17.3 Å². The van der Waals surface area contributed by atoms with E-state index in [1.54, 1.807) is 0 Å². The Morgan fingerprint density at radius 1 is 1.37 bits per heavy atom. The number of methoxy groups -OCH3 is 1. The van der Waals surface area contributed by atoms with Gasteiger partial charge in [-0.3, -0.25) is 4.79 Å². The number of quaternary nitrogens is 1. The molecule has 1 heterocycles. The van der Waals surface area contributed by atoms with Gasteiger partial charge < -0.3 is 14.9 Å². The second-order valence-electron chi connectivity index (χ2n) is 3.77. The standard InChI is InChI=1S/C12H11ClN2O4/c1-19-11-6-14-12(16)5-9(11)8-4-7(13)2-3-10(8)15(17)18/h2-6,15,17H,1H3,(H,14,16). The number of halogens is 1. The quantitative estimate of drug-likeness (QED) is 0.736. The van der Waals surface area contributed by atoms with Gasteiger partial charge in [-0.25, -0.2) is 5.21 Å². The van der Waals surface area contributed by atoms with Crippen LogP contribution in [-0.2, 0) is 0 Å². The van der Waals surface area contributed by atoms with Gasteiger partial charge in [-0.2, -0.15) is 5.23 Å². The number of aromatic nitrogens is 1. The van der Waals surface area contributed by atoms with E-state index in [0.717, 1.165) is 0 Å². The Morgan fingerprint density at radius 2 is 2.11 bits per heavy atom. The number of benzene rings is 1. The van der Waals surface area contributed by atoms with Gasteiger partial charge in [0.1, 0.15) is 5.75 Å². The minimum atomic E-state index is -1.10. The van der Waals surface area contributed by atoms with Gasteiger partial charge in [0.2, 0.25) is 5.56 Å². The van der Waals surface area contributed by atoms with Crippen molar-refractivity contribution in [1.82, 2.24) is 4.98 Å². The maximum absolute atomic E-state index is 11.4. The maximum Gasteiger partial charge on any atom is 0.248 e. The van der Waals surface area contributed by atoms with Crippen LogP contribution in [0.1, 0.15) is 0 Å². The first-order chi connectivity index (χ1) is 9.02. The van der Waals surface area contributed by atoms with Crippen LogP contribution in [0.25, 0.3) is 11.1 Å². The van der Waals surface area contributed by atoms with Gasteiger partial charge in [0, 0.05) is 28.9 Å². The minimum absolute atomic E-state index is 0.0494. The van der Waals surface area contributed by atoms with E-state index in [1.807, 2.05) is 0 Å². The van der Waals surface area contributed by atoms with Gasteiger partial charge in [0.25, 0.3) is 0 Å². The summed E-state index contributed by atoms with van der Waals surface area (Å²) in [5.41, 5.74) is 0.412. The van der Waals surface area contributed by atoms with Gasteiger partial charge in [0.05, 0.1) is 12.7 Å². The van der Waals surface area contributed by atoms with Crippen molar-refractivity contribution in [2.75, 3.05) is 7.11 Å². The first-order valence-corrected chi connectivity index (χ1v) is 5.70. The fraction of sp³-hybridized carbons (Fsp3) is 0.0833. The minimum Gasteiger partial charge on any atom is -0.595 e. The van der Waals surface area contributed by atoms with Crippen LogP contribution in [0.5, 0.6) is 5.75 Å². The molecule has 100 valence electrons.